The zero-order valence-electron chi connectivity index (χ0n) is 11.5. The average Bonchev–Trinajstić information content (AvgIpc) is 2.81. The maximum Gasteiger partial charge on any atom is 0.311 e. The van der Waals surface area contributed by atoms with Crippen LogP contribution in [0.25, 0.3) is 0 Å². The Labute approximate surface area is 108 Å². The number of nitrogens with two attached hydrogens (primary N) is 1. The molecule has 0 spiro atoms. The van der Waals surface area contributed by atoms with E-state index in [2.05, 4.69) is 0 Å². The number of rotatable bonds is 5. The van der Waals surface area contributed by atoms with Crippen LogP contribution in [-0.2, 0) is 9.59 Å². The Bertz CT molecular complexity index is 332. The van der Waals surface area contributed by atoms with Gasteiger partial charge in [0.1, 0.15) is 0 Å². The van der Waals surface area contributed by atoms with Crippen LogP contribution >= 0.6 is 0 Å². The minimum absolute atomic E-state index is 0.110. The Morgan fingerprint density at radius 3 is 2.44 bits per heavy atom. The standard InChI is InChI=1S/C13H24N2O3/c1-4-9(3)10(14)11(16)15-7-6-13(5-2,8-15)12(17)18/h9-10H,4-8,14H2,1-3H3,(H,17,18). The molecule has 1 rings (SSSR count). The first-order chi connectivity index (χ1) is 8.38. The number of nitrogens with zero attached hydrogens (tertiary/aromatic N) is 1. The summed E-state index contributed by atoms with van der Waals surface area (Å²) in [5.74, 6) is -0.794. The number of aliphatic carboxylic acids is 1. The number of hydrogen-bond acceptors (Lipinski definition) is 3. The summed E-state index contributed by atoms with van der Waals surface area (Å²) in [5.41, 5.74) is 5.15. The van der Waals surface area contributed by atoms with Gasteiger partial charge in [-0.2, -0.15) is 0 Å². The van der Waals surface area contributed by atoms with Gasteiger partial charge in [0.25, 0.3) is 0 Å². The molecular weight excluding hydrogens is 232 g/mol. The molecule has 0 saturated carbocycles. The summed E-state index contributed by atoms with van der Waals surface area (Å²) < 4.78 is 0. The van der Waals surface area contributed by atoms with Crippen molar-refractivity contribution in [2.45, 2.75) is 46.1 Å². The van der Waals surface area contributed by atoms with E-state index in [9.17, 15) is 14.7 Å². The van der Waals surface area contributed by atoms with Crippen LogP contribution in [0.1, 0.15) is 40.0 Å². The van der Waals surface area contributed by atoms with E-state index in [-0.39, 0.29) is 11.8 Å². The van der Waals surface area contributed by atoms with Gasteiger partial charge >= 0.3 is 5.97 Å². The van der Waals surface area contributed by atoms with Crippen LogP contribution in [0.4, 0.5) is 0 Å². The van der Waals surface area contributed by atoms with Crippen molar-refractivity contribution in [1.29, 1.82) is 0 Å². The lowest BCUT2D eigenvalue weighted by molar-refractivity contribution is -0.148. The van der Waals surface area contributed by atoms with Gasteiger partial charge in [-0.05, 0) is 18.8 Å². The van der Waals surface area contributed by atoms with Gasteiger partial charge in [0.15, 0.2) is 0 Å². The minimum atomic E-state index is -0.808. The van der Waals surface area contributed by atoms with Crippen LogP contribution in [0.5, 0.6) is 0 Å². The first-order valence-corrected chi connectivity index (χ1v) is 6.65. The van der Waals surface area contributed by atoms with Gasteiger partial charge in [0, 0.05) is 13.1 Å². The smallest absolute Gasteiger partial charge is 0.311 e. The molecule has 3 N–H and O–H groups in total. The summed E-state index contributed by atoms with van der Waals surface area (Å²) in [5, 5.41) is 9.29. The van der Waals surface area contributed by atoms with Gasteiger partial charge in [0.05, 0.1) is 11.5 Å². The molecule has 18 heavy (non-hydrogen) atoms. The van der Waals surface area contributed by atoms with Gasteiger partial charge in [0.2, 0.25) is 5.91 Å². The molecule has 0 bridgehead atoms. The van der Waals surface area contributed by atoms with E-state index < -0.39 is 17.4 Å². The predicted molar refractivity (Wildman–Crippen MR) is 69.0 cm³/mol. The van der Waals surface area contributed by atoms with E-state index in [4.69, 9.17) is 5.73 Å². The van der Waals surface area contributed by atoms with Gasteiger partial charge in [-0.25, -0.2) is 0 Å². The van der Waals surface area contributed by atoms with Crippen LogP contribution in [-0.4, -0.2) is 41.0 Å². The highest BCUT2D eigenvalue weighted by atomic mass is 16.4. The van der Waals surface area contributed by atoms with Crippen LogP contribution < -0.4 is 5.73 Å². The highest BCUT2D eigenvalue weighted by molar-refractivity contribution is 5.84. The monoisotopic (exact) mass is 256 g/mol. The second-order valence-corrected chi connectivity index (χ2v) is 5.36. The average molecular weight is 256 g/mol. The molecule has 1 heterocycles. The van der Waals surface area contributed by atoms with E-state index in [0.29, 0.717) is 25.9 Å². The second kappa shape index (κ2) is 5.69. The van der Waals surface area contributed by atoms with Crippen LogP contribution in [0.2, 0.25) is 0 Å². The number of hydrogen-bond donors (Lipinski definition) is 2. The van der Waals surface area contributed by atoms with Gasteiger partial charge in [-0.15, -0.1) is 0 Å². The number of carboxylic acid groups (broad SMARTS) is 1. The third kappa shape index (κ3) is 2.66. The topological polar surface area (TPSA) is 83.6 Å². The van der Waals surface area contributed by atoms with Crippen molar-refractivity contribution in [2.24, 2.45) is 17.1 Å². The Balaban J connectivity index is 2.72. The van der Waals surface area contributed by atoms with Crippen molar-refractivity contribution >= 4 is 11.9 Å². The fourth-order valence-electron chi connectivity index (χ4n) is 2.38. The van der Waals surface area contributed by atoms with Crippen LogP contribution in [0.3, 0.4) is 0 Å². The van der Waals surface area contributed by atoms with Gasteiger partial charge in [-0.1, -0.05) is 27.2 Å². The minimum Gasteiger partial charge on any atom is -0.481 e. The molecule has 1 amide bonds. The number of carbonyl (C=O) groups is 2. The molecular formula is C13H24N2O3. The summed E-state index contributed by atoms with van der Waals surface area (Å²) in [4.78, 5) is 25.1. The molecule has 1 aliphatic heterocycles. The lowest BCUT2D eigenvalue weighted by atomic mass is 9.84. The molecule has 3 unspecified atom stereocenters. The largest absolute Gasteiger partial charge is 0.481 e. The third-order valence-electron chi connectivity index (χ3n) is 4.34. The Kier molecular flexibility index (Phi) is 4.73. The second-order valence-electron chi connectivity index (χ2n) is 5.36. The van der Waals surface area contributed by atoms with E-state index in [1.54, 1.807) is 4.90 Å². The number of carboxylic acids is 1. The highest BCUT2D eigenvalue weighted by Gasteiger charge is 2.45. The molecule has 0 aromatic carbocycles. The van der Waals surface area contributed by atoms with E-state index in [1.807, 2.05) is 20.8 Å². The van der Waals surface area contributed by atoms with Gasteiger partial charge in [-0.3, -0.25) is 9.59 Å². The Morgan fingerprint density at radius 2 is 2.06 bits per heavy atom. The van der Waals surface area contributed by atoms with Crippen LogP contribution in [0.15, 0.2) is 0 Å². The summed E-state index contributed by atoms with van der Waals surface area (Å²) in [7, 11) is 0. The molecule has 1 fully saturated rings. The first kappa shape index (κ1) is 15.0. The van der Waals surface area contributed by atoms with E-state index >= 15 is 0 Å². The molecule has 104 valence electrons. The summed E-state index contributed by atoms with van der Waals surface area (Å²) in [6.45, 7) is 6.60. The normalized spacial score (nSPS) is 27.0. The zero-order chi connectivity index (χ0) is 13.9. The van der Waals surface area contributed by atoms with Crippen LogP contribution in [0, 0.1) is 11.3 Å². The first-order valence-electron chi connectivity index (χ1n) is 6.65. The van der Waals surface area contributed by atoms with Crippen molar-refractivity contribution in [3.05, 3.63) is 0 Å². The molecule has 5 nitrogen and oxygen atoms in total. The molecule has 0 radical (unpaired) electrons. The Hall–Kier alpha value is -1.10. The molecule has 5 heteroatoms. The molecule has 1 saturated heterocycles. The summed E-state index contributed by atoms with van der Waals surface area (Å²) >= 11 is 0. The maximum absolute atomic E-state index is 12.2. The lowest BCUT2D eigenvalue weighted by Crippen LogP contribution is -2.47. The van der Waals surface area contributed by atoms with Crippen molar-refractivity contribution in [1.82, 2.24) is 4.90 Å². The lowest BCUT2D eigenvalue weighted by Gasteiger charge is -2.26. The molecule has 3 atom stereocenters. The number of likely N-dealkylation sites (tertiary alicyclic amines) is 1. The molecule has 0 aromatic heterocycles. The predicted octanol–water partition coefficient (Wildman–Crippen LogP) is 1.07. The fourth-order valence-corrected chi connectivity index (χ4v) is 2.38. The van der Waals surface area contributed by atoms with Crippen molar-refractivity contribution in [3.63, 3.8) is 0 Å². The Morgan fingerprint density at radius 1 is 1.44 bits per heavy atom. The highest BCUT2D eigenvalue weighted by Crippen LogP contribution is 2.34. The maximum atomic E-state index is 12.2. The summed E-state index contributed by atoms with van der Waals surface area (Å²) in [6.07, 6.45) is 1.92. The van der Waals surface area contributed by atoms with Crippen molar-refractivity contribution < 1.29 is 14.7 Å². The fraction of sp³-hybridized carbons (Fsp3) is 0.846. The third-order valence-corrected chi connectivity index (χ3v) is 4.34. The molecule has 0 aliphatic carbocycles. The molecule has 1 aliphatic rings. The SMILES string of the molecule is CCC(C)C(N)C(=O)N1CCC(CC)(C(=O)O)C1. The summed E-state index contributed by atoms with van der Waals surface area (Å²) in [6, 6.07) is -0.517. The quantitative estimate of drug-likeness (QED) is 0.770. The van der Waals surface area contributed by atoms with Crippen molar-refractivity contribution in [2.75, 3.05) is 13.1 Å². The van der Waals surface area contributed by atoms with E-state index in [0.717, 1.165) is 6.42 Å². The van der Waals surface area contributed by atoms with E-state index in [1.165, 1.54) is 0 Å². The van der Waals surface area contributed by atoms with Crippen molar-refractivity contribution in [3.8, 4) is 0 Å². The molecule has 0 aromatic rings. The van der Waals surface area contributed by atoms with Gasteiger partial charge < -0.3 is 15.7 Å². The zero-order valence-corrected chi connectivity index (χ0v) is 11.5. The number of amides is 1. The number of carbonyl (C=O) groups excluding carboxylic acids is 1.